The summed E-state index contributed by atoms with van der Waals surface area (Å²) in [6.45, 7) is 6.30. The second-order valence-electron chi connectivity index (χ2n) is 3.24. The molecule has 0 aliphatic rings. The molecule has 0 radical (unpaired) electrons. The Morgan fingerprint density at radius 2 is 1.09 bits per heavy atom. The van der Waals surface area contributed by atoms with Gasteiger partial charge in [-0.05, 0) is 27.7 Å². The standard InChI is InChI=1S/C6H15NO2.K.H2O/c1-5(2,8)7-6(3,4)9;;/h7-9H,1-4H3;;1H2/q;+1;/p-1. The minimum atomic E-state index is -1.02. The topological polar surface area (TPSA) is 82.5 Å². The molecule has 0 fully saturated rings. The predicted octanol–water partition coefficient (Wildman–Crippen LogP) is -3.14. The molecule has 64 valence electrons. The molecule has 0 rings (SSSR count). The normalized spacial score (nSPS) is 11.5. The van der Waals surface area contributed by atoms with Crippen molar-refractivity contribution < 1.29 is 67.1 Å². The average molecular weight is 189 g/mol. The molecule has 0 atom stereocenters. The first-order chi connectivity index (χ1) is 3.71. The van der Waals surface area contributed by atoms with Gasteiger partial charge in [-0.15, -0.1) is 0 Å². The van der Waals surface area contributed by atoms with E-state index in [1.165, 1.54) is 0 Å². The number of hydrogen-bond donors (Lipinski definition) is 3. The summed E-state index contributed by atoms with van der Waals surface area (Å²) >= 11 is 0. The van der Waals surface area contributed by atoms with Gasteiger partial charge in [0, 0.05) is 0 Å². The van der Waals surface area contributed by atoms with E-state index >= 15 is 0 Å². The van der Waals surface area contributed by atoms with Gasteiger partial charge in [-0.2, -0.15) is 0 Å². The number of hydrogen-bond acceptors (Lipinski definition) is 4. The molecule has 0 saturated carbocycles. The number of rotatable bonds is 2. The monoisotopic (exact) mass is 189 g/mol. The summed E-state index contributed by atoms with van der Waals surface area (Å²) in [5.41, 5.74) is -2.03. The molecule has 0 aliphatic carbocycles. The van der Waals surface area contributed by atoms with Crippen LogP contribution in [0, 0.1) is 0 Å². The van der Waals surface area contributed by atoms with E-state index in [1.54, 1.807) is 27.7 Å². The van der Waals surface area contributed by atoms with Crippen LogP contribution >= 0.6 is 0 Å². The van der Waals surface area contributed by atoms with Gasteiger partial charge in [0.2, 0.25) is 0 Å². The van der Waals surface area contributed by atoms with Crippen molar-refractivity contribution in [2.75, 3.05) is 0 Å². The maximum atomic E-state index is 9.08. The third-order valence-corrected chi connectivity index (χ3v) is 0.612. The summed E-state index contributed by atoms with van der Waals surface area (Å²) in [5, 5.41) is 20.7. The van der Waals surface area contributed by atoms with Gasteiger partial charge in [0.25, 0.3) is 0 Å². The molecule has 0 saturated heterocycles. The quantitative estimate of drug-likeness (QED) is 0.317. The van der Waals surface area contributed by atoms with E-state index in [2.05, 4.69) is 5.32 Å². The third kappa shape index (κ3) is 18.4. The Morgan fingerprint density at radius 1 is 0.909 bits per heavy atom. The Balaban J connectivity index is -0.000000320. The zero-order chi connectivity index (χ0) is 7.71. The molecule has 0 aromatic heterocycles. The van der Waals surface area contributed by atoms with Crippen molar-refractivity contribution in [3.63, 3.8) is 0 Å². The van der Waals surface area contributed by atoms with Gasteiger partial charge in [-0.3, -0.25) is 5.32 Å². The summed E-state index contributed by atoms with van der Waals surface area (Å²) in [7, 11) is 0. The molecule has 4 N–H and O–H groups in total. The van der Waals surface area contributed by atoms with Crippen LogP contribution in [0.25, 0.3) is 0 Å². The summed E-state index contributed by atoms with van der Waals surface area (Å²) in [6.07, 6.45) is 0. The zero-order valence-electron chi connectivity index (χ0n) is 7.84. The molecule has 4 nitrogen and oxygen atoms in total. The molecule has 0 heterocycles. The molecule has 0 aliphatic heterocycles. The second-order valence-corrected chi connectivity index (χ2v) is 3.24. The molecule has 0 unspecified atom stereocenters. The van der Waals surface area contributed by atoms with Gasteiger partial charge in [-0.1, -0.05) is 0 Å². The van der Waals surface area contributed by atoms with E-state index in [4.69, 9.17) is 10.2 Å². The smallest absolute Gasteiger partial charge is 0.870 e. The van der Waals surface area contributed by atoms with Crippen LogP contribution in [0.4, 0.5) is 0 Å². The molecule has 0 aromatic rings. The van der Waals surface area contributed by atoms with Gasteiger partial charge >= 0.3 is 51.4 Å². The van der Waals surface area contributed by atoms with Crippen LogP contribution in [0.2, 0.25) is 0 Å². The van der Waals surface area contributed by atoms with Crippen molar-refractivity contribution in [3.05, 3.63) is 0 Å². The summed E-state index contributed by atoms with van der Waals surface area (Å²) < 4.78 is 0. The Morgan fingerprint density at radius 3 is 1.09 bits per heavy atom. The Kier molecular flexibility index (Phi) is 10.00. The third-order valence-electron chi connectivity index (χ3n) is 0.612. The second kappa shape index (κ2) is 6.01. The molecule has 11 heavy (non-hydrogen) atoms. The van der Waals surface area contributed by atoms with Gasteiger partial charge in [0.1, 0.15) is 11.4 Å². The van der Waals surface area contributed by atoms with Crippen LogP contribution in [-0.4, -0.2) is 27.1 Å². The van der Waals surface area contributed by atoms with E-state index in [0.717, 1.165) is 0 Å². The first-order valence-electron chi connectivity index (χ1n) is 2.95. The van der Waals surface area contributed by atoms with Gasteiger partial charge in [0.15, 0.2) is 0 Å². The fraction of sp³-hybridized carbons (Fsp3) is 1.00. The van der Waals surface area contributed by atoms with Crippen molar-refractivity contribution in [1.29, 1.82) is 0 Å². The minimum Gasteiger partial charge on any atom is -0.870 e. The van der Waals surface area contributed by atoms with Crippen LogP contribution < -0.4 is 56.7 Å². The molecular formula is C6H16KNO3. The number of nitrogens with one attached hydrogen (secondary N) is 1. The van der Waals surface area contributed by atoms with E-state index in [9.17, 15) is 0 Å². The zero-order valence-corrected chi connectivity index (χ0v) is 11.0. The minimum absolute atomic E-state index is 0. The van der Waals surface area contributed by atoms with E-state index in [1.807, 2.05) is 0 Å². The van der Waals surface area contributed by atoms with Crippen LogP contribution in [-0.2, 0) is 0 Å². The molecular weight excluding hydrogens is 173 g/mol. The van der Waals surface area contributed by atoms with Crippen molar-refractivity contribution in [3.8, 4) is 0 Å². The Bertz CT molecular complexity index is 83.0. The SMILES string of the molecule is CC(C)(O)NC(C)(C)O.[K+].[OH-]. The first kappa shape index (κ1) is 18.3. The maximum Gasteiger partial charge on any atom is 1.00 e. The van der Waals surface area contributed by atoms with Gasteiger partial charge < -0.3 is 15.7 Å². The van der Waals surface area contributed by atoms with Gasteiger partial charge in [0.05, 0.1) is 0 Å². The maximum absolute atomic E-state index is 9.08. The Hall–Kier alpha value is 1.48. The van der Waals surface area contributed by atoms with Crippen molar-refractivity contribution >= 4 is 0 Å². The Labute approximate surface area is 110 Å². The van der Waals surface area contributed by atoms with E-state index in [0.29, 0.717) is 0 Å². The molecule has 0 spiro atoms. The fourth-order valence-corrected chi connectivity index (χ4v) is 0.749. The van der Waals surface area contributed by atoms with Crippen molar-refractivity contribution in [1.82, 2.24) is 5.32 Å². The average Bonchev–Trinajstić information content (AvgIpc) is 1.14. The van der Waals surface area contributed by atoms with Crippen LogP contribution in [0.1, 0.15) is 27.7 Å². The van der Waals surface area contributed by atoms with Gasteiger partial charge in [-0.25, -0.2) is 0 Å². The van der Waals surface area contributed by atoms with Crippen LogP contribution in [0.15, 0.2) is 0 Å². The fourth-order valence-electron chi connectivity index (χ4n) is 0.749. The van der Waals surface area contributed by atoms with Crippen LogP contribution in [0.5, 0.6) is 0 Å². The van der Waals surface area contributed by atoms with Crippen molar-refractivity contribution in [2.45, 2.75) is 39.1 Å². The predicted molar refractivity (Wildman–Crippen MR) is 37.7 cm³/mol. The van der Waals surface area contributed by atoms with E-state index < -0.39 is 11.4 Å². The molecule has 5 heteroatoms. The molecule has 0 bridgehead atoms. The summed E-state index contributed by atoms with van der Waals surface area (Å²) in [5.74, 6) is 0. The van der Waals surface area contributed by atoms with Crippen molar-refractivity contribution in [2.24, 2.45) is 0 Å². The summed E-state index contributed by atoms with van der Waals surface area (Å²) in [6, 6.07) is 0. The van der Waals surface area contributed by atoms with Crippen LogP contribution in [0.3, 0.4) is 0 Å². The largest absolute Gasteiger partial charge is 1.00 e. The number of aliphatic hydroxyl groups is 2. The molecule has 0 aromatic carbocycles. The van der Waals surface area contributed by atoms with E-state index in [-0.39, 0.29) is 56.9 Å². The summed E-state index contributed by atoms with van der Waals surface area (Å²) in [4.78, 5) is 0. The molecule has 0 amide bonds. The first-order valence-corrected chi connectivity index (χ1v) is 2.95.